The molecule has 0 saturated carbocycles. The van der Waals surface area contributed by atoms with Crippen molar-refractivity contribution in [2.45, 2.75) is 58.5 Å². The highest BCUT2D eigenvalue weighted by atomic mass is 32.1. The number of piperidine rings is 1. The molecule has 1 saturated heterocycles. The fourth-order valence-corrected chi connectivity index (χ4v) is 4.39. The predicted molar refractivity (Wildman–Crippen MR) is 92.7 cm³/mol. The molecule has 1 unspecified atom stereocenters. The molecule has 0 aromatic carbocycles. The maximum atomic E-state index is 4.47. The molecule has 3 atom stereocenters. The van der Waals surface area contributed by atoms with Crippen LogP contribution >= 0.6 is 11.3 Å². The normalized spacial score (nSPS) is 23.8. The summed E-state index contributed by atoms with van der Waals surface area (Å²) >= 11 is 1.82. The van der Waals surface area contributed by atoms with Crippen molar-refractivity contribution in [2.24, 2.45) is 5.92 Å². The Bertz CT molecular complexity index is 619. The summed E-state index contributed by atoms with van der Waals surface area (Å²) < 4.78 is 2.06. The number of aromatic nitrogens is 4. The third-order valence-electron chi connectivity index (χ3n) is 5.23. The zero-order valence-electron chi connectivity index (χ0n) is 14.6. The number of nitrogens with zero attached hydrogens (tertiary/aromatic N) is 4. The summed E-state index contributed by atoms with van der Waals surface area (Å²) in [6.07, 6.45) is 3.64. The second kappa shape index (κ2) is 6.69. The van der Waals surface area contributed by atoms with Gasteiger partial charge in [0.15, 0.2) is 6.04 Å². The smallest absolute Gasteiger partial charge is 0.215 e. The second-order valence-corrected chi connectivity index (χ2v) is 8.40. The zero-order valence-corrected chi connectivity index (χ0v) is 15.4. The van der Waals surface area contributed by atoms with Crippen LogP contribution in [0.2, 0.25) is 0 Å². The van der Waals surface area contributed by atoms with Crippen LogP contribution in [0.4, 0.5) is 0 Å². The first-order valence-corrected chi connectivity index (χ1v) is 9.57. The summed E-state index contributed by atoms with van der Waals surface area (Å²) in [6, 6.07) is 4.62. The molecule has 1 aliphatic rings. The highest BCUT2D eigenvalue weighted by molar-refractivity contribution is 7.10. The Morgan fingerprint density at radius 3 is 2.96 bits per heavy atom. The third kappa shape index (κ3) is 3.33. The molecule has 3 rings (SSSR count). The summed E-state index contributed by atoms with van der Waals surface area (Å²) in [4.78, 5) is 2.98. The molecule has 0 spiro atoms. The van der Waals surface area contributed by atoms with Crippen LogP contribution in [0.25, 0.3) is 0 Å². The summed E-state index contributed by atoms with van der Waals surface area (Å²) in [5.74, 6) is 1.79. The molecule has 126 valence electrons. The summed E-state index contributed by atoms with van der Waals surface area (Å²) in [6.45, 7) is 11.4. The van der Waals surface area contributed by atoms with Crippen LogP contribution in [-0.2, 0) is 5.54 Å². The third-order valence-corrected chi connectivity index (χ3v) is 6.17. The van der Waals surface area contributed by atoms with Gasteiger partial charge >= 0.3 is 0 Å². The van der Waals surface area contributed by atoms with Gasteiger partial charge in [-0.25, -0.2) is 4.68 Å². The lowest BCUT2D eigenvalue weighted by Gasteiger charge is -2.34. The topological polar surface area (TPSA) is 48.0 Å². The first kappa shape index (κ1) is 16.6. The van der Waals surface area contributed by atoms with Crippen molar-refractivity contribution in [3.05, 3.63) is 28.2 Å². The monoisotopic (exact) mass is 334 g/mol. The number of nitrogens with one attached hydrogen (secondary N) is 1. The van der Waals surface area contributed by atoms with E-state index in [1.165, 1.54) is 30.8 Å². The molecule has 1 fully saturated rings. The van der Waals surface area contributed by atoms with Crippen molar-refractivity contribution in [2.75, 3.05) is 13.1 Å². The highest BCUT2D eigenvalue weighted by Gasteiger charge is 2.37. The van der Waals surface area contributed by atoms with Gasteiger partial charge in [0, 0.05) is 5.92 Å². The van der Waals surface area contributed by atoms with Gasteiger partial charge in [0.1, 0.15) is 0 Å². The van der Waals surface area contributed by atoms with Crippen molar-refractivity contribution in [1.29, 1.82) is 0 Å². The molecule has 5 nitrogen and oxygen atoms in total. The Balaban J connectivity index is 2.02. The summed E-state index contributed by atoms with van der Waals surface area (Å²) in [7, 11) is 0. The van der Waals surface area contributed by atoms with E-state index < -0.39 is 0 Å². The van der Waals surface area contributed by atoms with E-state index in [1.54, 1.807) is 4.90 Å². The number of hydrogen-bond acceptors (Lipinski definition) is 4. The van der Waals surface area contributed by atoms with Crippen molar-refractivity contribution >= 4 is 11.3 Å². The average molecular weight is 335 g/mol. The van der Waals surface area contributed by atoms with Crippen molar-refractivity contribution in [3.63, 3.8) is 0 Å². The lowest BCUT2D eigenvalue weighted by molar-refractivity contribution is -0.934. The molecule has 1 N–H and O–H groups in total. The van der Waals surface area contributed by atoms with Gasteiger partial charge in [-0.2, -0.15) is 0 Å². The van der Waals surface area contributed by atoms with Crippen molar-refractivity contribution in [1.82, 2.24) is 20.2 Å². The van der Waals surface area contributed by atoms with E-state index >= 15 is 0 Å². The fourth-order valence-electron chi connectivity index (χ4n) is 3.51. The van der Waals surface area contributed by atoms with Crippen molar-refractivity contribution in [3.8, 4) is 0 Å². The van der Waals surface area contributed by atoms with Gasteiger partial charge < -0.3 is 4.90 Å². The van der Waals surface area contributed by atoms with Gasteiger partial charge in [-0.1, -0.05) is 19.9 Å². The molecule has 0 bridgehead atoms. The van der Waals surface area contributed by atoms with Crippen LogP contribution in [0.1, 0.15) is 63.7 Å². The molecule has 0 amide bonds. The lowest BCUT2D eigenvalue weighted by atomic mass is 9.97. The molecule has 0 aliphatic carbocycles. The Morgan fingerprint density at radius 1 is 1.48 bits per heavy atom. The van der Waals surface area contributed by atoms with Crippen LogP contribution in [0, 0.1) is 5.92 Å². The molecule has 2 aromatic heterocycles. The van der Waals surface area contributed by atoms with Gasteiger partial charge in [0.2, 0.25) is 5.82 Å². The minimum absolute atomic E-state index is 0.0603. The van der Waals surface area contributed by atoms with E-state index in [2.05, 4.69) is 65.4 Å². The Labute approximate surface area is 142 Å². The van der Waals surface area contributed by atoms with Crippen LogP contribution < -0.4 is 4.90 Å². The molecule has 6 heteroatoms. The minimum atomic E-state index is -0.0603. The maximum absolute atomic E-state index is 4.47. The largest absolute Gasteiger partial charge is 0.321 e. The molecular formula is C17H28N5S+. The maximum Gasteiger partial charge on any atom is 0.215 e. The van der Waals surface area contributed by atoms with Crippen LogP contribution in [0.15, 0.2) is 17.5 Å². The molecule has 3 heterocycles. The molecule has 23 heavy (non-hydrogen) atoms. The minimum Gasteiger partial charge on any atom is -0.321 e. The van der Waals surface area contributed by atoms with E-state index in [4.69, 9.17) is 0 Å². The van der Waals surface area contributed by atoms with Gasteiger partial charge in [-0.3, -0.25) is 0 Å². The first-order valence-electron chi connectivity index (χ1n) is 8.69. The second-order valence-electron chi connectivity index (χ2n) is 7.42. The highest BCUT2D eigenvalue weighted by Crippen LogP contribution is 2.27. The van der Waals surface area contributed by atoms with E-state index in [-0.39, 0.29) is 11.6 Å². The SMILES string of the molecule is CCC(C)(C)n1nnnc1[C@@H](c1cccs1)[NH+]1CCC[C@H](C)C1. The van der Waals surface area contributed by atoms with E-state index in [0.717, 1.165) is 18.2 Å². The number of rotatable bonds is 5. The number of tetrazole rings is 1. The van der Waals surface area contributed by atoms with E-state index in [9.17, 15) is 0 Å². The van der Waals surface area contributed by atoms with Gasteiger partial charge in [0.05, 0.1) is 23.5 Å². The average Bonchev–Trinajstić information content (AvgIpc) is 3.20. The van der Waals surface area contributed by atoms with Crippen LogP contribution in [0.3, 0.4) is 0 Å². The van der Waals surface area contributed by atoms with Crippen molar-refractivity contribution < 1.29 is 4.90 Å². The van der Waals surface area contributed by atoms with Gasteiger partial charge in [0.25, 0.3) is 0 Å². The number of quaternary nitrogens is 1. The van der Waals surface area contributed by atoms with Gasteiger partial charge in [-0.05, 0) is 55.0 Å². The lowest BCUT2D eigenvalue weighted by Crippen LogP contribution is -3.14. The van der Waals surface area contributed by atoms with Crippen LogP contribution in [0.5, 0.6) is 0 Å². The molecular weight excluding hydrogens is 306 g/mol. The molecule has 1 aliphatic heterocycles. The molecule has 0 radical (unpaired) electrons. The summed E-state index contributed by atoms with van der Waals surface area (Å²) in [5, 5.41) is 15.0. The quantitative estimate of drug-likeness (QED) is 0.912. The number of hydrogen-bond donors (Lipinski definition) is 1. The number of thiophene rings is 1. The number of likely N-dealkylation sites (tertiary alicyclic amines) is 1. The standard InChI is InChI=1S/C17H27N5S/c1-5-17(3,4)22-16(18-19-20-22)15(14-9-7-11-23-14)21-10-6-8-13(2)12-21/h7,9,11,13,15H,5-6,8,10,12H2,1-4H3/p+1/t13-,15+/m0/s1. The van der Waals surface area contributed by atoms with Crippen LogP contribution in [-0.4, -0.2) is 33.3 Å². The first-order chi connectivity index (χ1) is 11.0. The summed E-state index contributed by atoms with van der Waals surface area (Å²) in [5.41, 5.74) is -0.0603. The Morgan fingerprint density at radius 2 is 2.30 bits per heavy atom. The predicted octanol–water partition coefficient (Wildman–Crippen LogP) is 2.28. The molecule has 2 aromatic rings. The Hall–Kier alpha value is -1.27. The van der Waals surface area contributed by atoms with E-state index in [1.807, 2.05) is 11.3 Å². The van der Waals surface area contributed by atoms with Gasteiger partial charge in [-0.15, -0.1) is 16.4 Å². The van der Waals surface area contributed by atoms with E-state index in [0.29, 0.717) is 0 Å². The zero-order chi connectivity index (χ0) is 16.4. The fraction of sp³-hybridized carbons (Fsp3) is 0.706. The Kier molecular flexibility index (Phi) is 4.82.